The van der Waals surface area contributed by atoms with E-state index in [1.807, 2.05) is 13.2 Å². The smallest absolute Gasteiger partial charge is 0.0571 e. The zero-order chi connectivity index (χ0) is 14.0. The Morgan fingerprint density at radius 2 is 1.89 bits per heavy atom. The van der Waals surface area contributed by atoms with E-state index < -0.39 is 0 Å². The van der Waals surface area contributed by atoms with Crippen molar-refractivity contribution in [2.75, 3.05) is 32.1 Å². The van der Waals surface area contributed by atoms with Gasteiger partial charge in [0.2, 0.25) is 0 Å². The van der Waals surface area contributed by atoms with Crippen LogP contribution in [0.5, 0.6) is 0 Å². The largest absolute Gasteiger partial charge is 0.367 e. The molecule has 0 spiro atoms. The van der Waals surface area contributed by atoms with Crippen LogP contribution in [0.3, 0.4) is 0 Å². The highest BCUT2D eigenvalue weighted by molar-refractivity contribution is 5.45. The first-order chi connectivity index (χ1) is 9.02. The average Bonchev–Trinajstić information content (AvgIpc) is 2.43. The zero-order valence-electron chi connectivity index (χ0n) is 12.7. The third-order valence-electron chi connectivity index (χ3n) is 4.37. The van der Waals surface area contributed by atoms with Gasteiger partial charge in [-0.2, -0.15) is 0 Å². The molecule has 1 aromatic heterocycles. The van der Waals surface area contributed by atoms with Crippen molar-refractivity contribution in [3.8, 4) is 0 Å². The van der Waals surface area contributed by atoms with E-state index in [1.165, 1.54) is 5.69 Å². The van der Waals surface area contributed by atoms with E-state index in [9.17, 15) is 0 Å². The molecule has 3 unspecified atom stereocenters. The Morgan fingerprint density at radius 3 is 2.37 bits per heavy atom. The summed E-state index contributed by atoms with van der Waals surface area (Å²) in [5.41, 5.74) is 2.33. The fraction of sp³-hybridized carbons (Fsp3) is 0.667. The summed E-state index contributed by atoms with van der Waals surface area (Å²) in [5.74, 6) is 0. The molecule has 0 aromatic carbocycles. The molecular formula is C15H26N4. The van der Waals surface area contributed by atoms with Crippen LogP contribution >= 0.6 is 0 Å². The molecule has 1 aliphatic heterocycles. The van der Waals surface area contributed by atoms with E-state index in [0.717, 1.165) is 18.8 Å². The summed E-state index contributed by atoms with van der Waals surface area (Å²) < 4.78 is 0. The van der Waals surface area contributed by atoms with Crippen LogP contribution in [0.1, 0.15) is 32.5 Å². The highest BCUT2D eigenvalue weighted by Gasteiger charge is 2.26. The van der Waals surface area contributed by atoms with E-state index in [4.69, 9.17) is 0 Å². The van der Waals surface area contributed by atoms with Crippen LogP contribution in [0.4, 0.5) is 5.69 Å². The molecule has 0 bridgehead atoms. The molecule has 4 nitrogen and oxygen atoms in total. The molecule has 2 heterocycles. The van der Waals surface area contributed by atoms with Gasteiger partial charge in [-0.05, 0) is 47.0 Å². The fourth-order valence-corrected chi connectivity index (χ4v) is 2.60. The molecule has 3 atom stereocenters. The number of pyridine rings is 1. The lowest BCUT2D eigenvalue weighted by Crippen LogP contribution is -2.55. The molecule has 0 saturated carbocycles. The van der Waals surface area contributed by atoms with E-state index in [1.54, 1.807) is 0 Å². The third kappa shape index (κ3) is 3.07. The Kier molecular flexibility index (Phi) is 4.42. The number of anilines is 1. The van der Waals surface area contributed by atoms with Crippen molar-refractivity contribution in [2.24, 2.45) is 0 Å². The number of hydrogen-bond donors (Lipinski definition) is 1. The number of nitrogens with one attached hydrogen (secondary N) is 1. The van der Waals surface area contributed by atoms with E-state index in [2.05, 4.69) is 60.1 Å². The maximum Gasteiger partial charge on any atom is 0.0571 e. The fourth-order valence-electron chi connectivity index (χ4n) is 2.60. The summed E-state index contributed by atoms with van der Waals surface area (Å²) in [7, 11) is 4.17. The zero-order valence-corrected chi connectivity index (χ0v) is 12.7. The van der Waals surface area contributed by atoms with Crippen molar-refractivity contribution in [3.63, 3.8) is 0 Å². The topological polar surface area (TPSA) is 31.4 Å². The molecule has 1 fully saturated rings. The standard InChI is InChI=1S/C15H26N4/c1-11-9-19(10-12(2)18(11)5)14-6-7-15(17-8-14)13(3)16-4/h6-8,11-13,16H,9-10H2,1-5H3. The number of aromatic nitrogens is 1. The Labute approximate surface area is 116 Å². The minimum atomic E-state index is 0.305. The number of nitrogens with zero attached hydrogens (tertiary/aromatic N) is 3. The minimum absolute atomic E-state index is 0.305. The molecule has 106 valence electrons. The number of rotatable bonds is 3. The summed E-state index contributed by atoms with van der Waals surface area (Å²) >= 11 is 0. The summed E-state index contributed by atoms with van der Waals surface area (Å²) in [4.78, 5) is 9.46. The molecule has 2 rings (SSSR count). The van der Waals surface area contributed by atoms with Crippen LogP contribution in [0, 0.1) is 0 Å². The van der Waals surface area contributed by atoms with Crippen LogP contribution in [-0.2, 0) is 0 Å². The molecule has 1 N–H and O–H groups in total. The van der Waals surface area contributed by atoms with E-state index >= 15 is 0 Å². The lowest BCUT2D eigenvalue weighted by atomic mass is 10.1. The maximum atomic E-state index is 4.58. The second kappa shape index (κ2) is 5.88. The first-order valence-corrected chi connectivity index (χ1v) is 7.13. The summed E-state index contributed by atoms with van der Waals surface area (Å²) in [6.45, 7) is 8.84. The number of likely N-dealkylation sites (N-methyl/N-ethyl adjacent to an activating group) is 1. The van der Waals surface area contributed by atoms with E-state index in [-0.39, 0.29) is 0 Å². The lowest BCUT2D eigenvalue weighted by Gasteiger charge is -2.43. The molecule has 19 heavy (non-hydrogen) atoms. The predicted molar refractivity (Wildman–Crippen MR) is 80.6 cm³/mol. The SMILES string of the molecule is CNC(C)c1ccc(N2CC(C)N(C)C(C)C2)cn1. The quantitative estimate of drug-likeness (QED) is 0.901. The first-order valence-electron chi connectivity index (χ1n) is 7.13. The predicted octanol–water partition coefficient (Wildman–Crippen LogP) is 1.89. The highest BCUT2D eigenvalue weighted by Crippen LogP contribution is 2.21. The van der Waals surface area contributed by atoms with Gasteiger partial charge in [0.15, 0.2) is 0 Å². The first kappa shape index (κ1) is 14.3. The van der Waals surface area contributed by atoms with Gasteiger partial charge in [0, 0.05) is 31.2 Å². The molecular weight excluding hydrogens is 236 g/mol. The van der Waals surface area contributed by atoms with Gasteiger partial charge in [0.1, 0.15) is 0 Å². The molecule has 1 saturated heterocycles. The van der Waals surface area contributed by atoms with Crippen LogP contribution < -0.4 is 10.2 Å². The van der Waals surface area contributed by atoms with Crippen LogP contribution in [0.15, 0.2) is 18.3 Å². The molecule has 0 aliphatic carbocycles. The van der Waals surface area contributed by atoms with Crippen LogP contribution in [0.25, 0.3) is 0 Å². The molecule has 4 heteroatoms. The lowest BCUT2D eigenvalue weighted by molar-refractivity contribution is 0.170. The second-order valence-electron chi connectivity index (χ2n) is 5.72. The van der Waals surface area contributed by atoms with Gasteiger partial charge in [0.25, 0.3) is 0 Å². The maximum absolute atomic E-state index is 4.58. The second-order valence-corrected chi connectivity index (χ2v) is 5.72. The number of piperazine rings is 1. The van der Waals surface area contributed by atoms with Crippen molar-refractivity contribution in [1.82, 2.24) is 15.2 Å². The van der Waals surface area contributed by atoms with Gasteiger partial charge in [-0.1, -0.05) is 0 Å². The normalized spacial score (nSPS) is 26.5. The highest BCUT2D eigenvalue weighted by atomic mass is 15.3. The van der Waals surface area contributed by atoms with Crippen molar-refractivity contribution < 1.29 is 0 Å². The van der Waals surface area contributed by atoms with Crippen molar-refractivity contribution >= 4 is 5.69 Å². The average molecular weight is 262 g/mol. The monoisotopic (exact) mass is 262 g/mol. The van der Waals surface area contributed by atoms with Crippen molar-refractivity contribution in [3.05, 3.63) is 24.0 Å². The summed E-state index contributed by atoms with van der Waals surface area (Å²) in [6.07, 6.45) is 2.01. The Hall–Kier alpha value is -1.13. The van der Waals surface area contributed by atoms with Gasteiger partial charge < -0.3 is 10.2 Å². The Morgan fingerprint density at radius 1 is 1.26 bits per heavy atom. The van der Waals surface area contributed by atoms with Crippen molar-refractivity contribution in [1.29, 1.82) is 0 Å². The molecule has 1 aromatic rings. The van der Waals surface area contributed by atoms with Gasteiger partial charge in [-0.3, -0.25) is 9.88 Å². The van der Waals surface area contributed by atoms with Gasteiger partial charge >= 0.3 is 0 Å². The summed E-state index contributed by atoms with van der Waals surface area (Å²) in [6, 6.07) is 5.80. The van der Waals surface area contributed by atoms with E-state index in [0.29, 0.717) is 18.1 Å². The molecule has 1 aliphatic rings. The van der Waals surface area contributed by atoms with Gasteiger partial charge in [-0.15, -0.1) is 0 Å². The Bertz CT molecular complexity index is 391. The Balaban J connectivity index is 2.10. The number of hydrogen-bond acceptors (Lipinski definition) is 4. The van der Waals surface area contributed by atoms with Gasteiger partial charge in [0.05, 0.1) is 17.6 Å². The molecule has 0 amide bonds. The molecule has 0 radical (unpaired) electrons. The van der Waals surface area contributed by atoms with Gasteiger partial charge in [-0.25, -0.2) is 0 Å². The third-order valence-corrected chi connectivity index (χ3v) is 4.37. The summed E-state index contributed by atoms with van der Waals surface area (Å²) in [5, 5.41) is 3.22. The van der Waals surface area contributed by atoms with Crippen LogP contribution in [0.2, 0.25) is 0 Å². The minimum Gasteiger partial charge on any atom is -0.367 e. The van der Waals surface area contributed by atoms with Crippen molar-refractivity contribution in [2.45, 2.75) is 38.9 Å². The van der Waals surface area contributed by atoms with Crippen LogP contribution in [-0.4, -0.2) is 49.2 Å².